The highest BCUT2D eigenvalue weighted by Gasteiger charge is 2.17. The molecule has 2 aromatic carbocycles. The van der Waals surface area contributed by atoms with Gasteiger partial charge in [-0.15, -0.1) is 0 Å². The van der Waals surface area contributed by atoms with E-state index in [1.807, 2.05) is 42.5 Å². The Kier molecular flexibility index (Phi) is 3.91. The molecule has 6 nitrogen and oxygen atoms in total. The van der Waals surface area contributed by atoms with E-state index in [2.05, 4.69) is 27.2 Å². The smallest absolute Gasteiger partial charge is 0.256 e. The van der Waals surface area contributed by atoms with Crippen molar-refractivity contribution in [1.29, 1.82) is 0 Å². The van der Waals surface area contributed by atoms with Crippen molar-refractivity contribution in [3.8, 4) is 11.3 Å². The van der Waals surface area contributed by atoms with Crippen LogP contribution in [-0.2, 0) is 13.1 Å². The number of carbonyl (C=O) groups excluding carboxylic acids is 1. The molecule has 0 saturated heterocycles. The average molecular weight is 370 g/mol. The number of rotatable bonds is 3. The van der Waals surface area contributed by atoms with E-state index in [1.165, 1.54) is 17.5 Å². The maximum Gasteiger partial charge on any atom is 0.256 e. The Balaban J connectivity index is 1.42. The van der Waals surface area contributed by atoms with Gasteiger partial charge in [-0.05, 0) is 47.8 Å². The van der Waals surface area contributed by atoms with Crippen LogP contribution in [-0.4, -0.2) is 27.8 Å². The number of carbonyl (C=O) groups is 1. The lowest BCUT2D eigenvalue weighted by atomic mass is 10.1. The number of pyridine rings is 1. The zero-order valence-corrected chi connectivity index (χ0v) is 15.3. The number of hydrogen-bond donors (Lipinski definition) is 1. The number of hydrogen-bond acceptors (Lipinski definition) is 5. The van der Waals surface area contributed by atoms with Crippen LogP contribution in [0, 0.1) is 0 Å². The summed E-state index contributed by atoms with van der Waals surface area (Å²) in [6.07, 6.45) is 4.84. The molecular weight excluding hydrogens is 352 g/mol. The Morgan fingerprint density at radius 2 is 1.93 bits per heavy atom. The van der Waals surface area contributed by atoms with Gasteiger partial charge in [0, 0.05) is 35.8 Å². The molecule has 0 aliphatic carbocycles. The van der Waals surface area contributed by atoms with Gasteiger partial charge < -0.3 is 9.73 Å². The molecule has 3 heterocycles. The Hall–Kier alpha value is -3.51. The van der Waals surface area contributed by atoms with E-state index < -0.39 is 0 Å². The minimum absolute atomic E-state index is 0.157. The van der Waals surface area contributed by atoms with E-state index in [-0.39, 0.29) is 5.91 Å². The predicted molar refractivity (Wildman–Crippen MR) is 107 cm³/mol. The fourth-order valence-corrected chi connectivity index (χ4v) is 3.62. The highest BCUT2D eigenvalue weighted by Crippen LogP contribution is 2.26. The topological polar surface area (TPSA) is 71.3 Å². The molecule has 1 aliphatic heterocycles. The molecule has 0 unspecified atom stereocenters. The van der Waals surface area contributed by atoms with E-state index in [1.54, 1.807) is 12.4 Å². The van der Waals surface area contributed by atoms with Crippen LogP contribution < -0.4 is 5.32 Å². The van der Waals surface area contributed by atoms with Crippen LogP contribution in [0.1, 0.15) is 21.5 Å². The monoisotopic (exact) mass is 370 g/mol. The van der Waals surface area contributed by atoms with E-state index in [4.69, 9.17) is 4.42 Å². The van der Waals surface area contributed by atoms with E-state index in [0.717, 1.165) is 29.4 Å². The van der Waals surface area contributed by atoms with Crippen LogP contribution in [0.2, 0.25) is 0 Å². The standard InChI is InChI=1S/C22H18N4O2/c1-26-11-17-5-3-15(7-19(17)12-26)22(27)25-21-8-18-6-14(20-10-23-13-28-20)2-4-16(18)9-24-21/h2-10,13H,11-12H2,1H3,(H,24,25,27). The van der Waals surface area contributed by atoms with Crippen molar-refractivity contribution in [2.75, 3.05) is 12.4 Å². The highest BCUT2D eigenvalue weighted by atomic mass is 16.3. The van der Waals surface area contributed by atoms with Crippen LogP contribution >= 0.6 is 0 Å². The molecular formula is C22H18N4O2. The minimum Gasteiger partial charge on any atom is -0.444 e. The molecule has 0 saturated carbocycles. The number of oxazole rings is 1. The number of nitrogens with one attached hydrogen (secondary N) is 1. The molecule has 0 atom stereocenters. The maximum absolute atomic E-state index is 12.7. The minimum atomic E-state index is -0.157. The zero-order valence-electron chi connectivity index (χ0n) is 15.3. The quantitative estimate of drug-likeness (QED) is 0.588. The number of fused-ring (bicyclic) bond motifs is 2. The van der Waals surface area contributed by atoms with Crippen molar-refractivity contribution >= 4 is 22.5 Å². The molecule has 2 aromatic heterocycles. The molecule has 1 amide bonds. The van der Waals surface area contributed by atoms with Gasteiger partial charge in [-0.2, -0.15) is 0 Å². The summed E-state index contributed by atoms with van der Waals surface area (Å²) < 4.78 is 5.37. The second kappa shape index (κ2) is 6.58. The maximum atomic E-state index is 12.7. The van der Waals surface area contributed by atoms with Gasteiger partial charge in [0.05, 0.1) is 6.20 Å². The molecule has 6 heteroatoms. The van der Waals surface area contributed by atoms with Crippen molar-refractivity contribution in [3.05, 3.63) is 77.9 Å². The van der Waals surface area contributed by atoms with E-state index in [0.29, 0.717) is 17.1 Å². The van der Waals surface area contributed by atoms with Gasteiger partial charge in [-0.25, -0.2) is 9.97 Å². The van der Waals surface area contributed by atoms with Crippen molar-refractivity contribution in [2.24, 2.45) is 0 Å². The van der Waals surface area contributed by atoms with Gasteiger partial charge in [0.25, 0.3) is 5.91 Å². The molecule has 1 aliphatic rings. The molecule has 28 heavy (non-hydrogen) atoms. The number of amides is 1. The Labute approximate surface area is 161 Å². The predicted octanol–water partition coefficient (Wildman–Crippen LogP) is 4.09. The first kappa shape index (κ1) is 16.6. The number of nitrogens with zero attached hydrogens (tertiary/aromatic N) is 3. The second-order valence-corrected chi connectivity index (χ2v) is 7.11. The van der Waals surface area contributed by atoms with Crippen LogP contribution in [0.3, 0.4) is 0 Å². The lowest BCUT2D eigenvalue weighted by Crippen LogP contribution is -2.13. The molecule has 5 rings (SSSR count). The lowest BCUT2D eigenvalue weighted by molar-refractivity contribution is 0.102. The normalized spacial score (nSPS) is 13.6. The lowest BCUT2D eigenvalue weighted by Gasteiger charge is -2.08. The van der Waals surface area contributed by atoms with E-state index >= 15 is 0 Å². The number of benzene rings is 2. The van der Waals surface area contributed by atoms with Crippen molar-refractivity contribution in [3.63, 3.8) is 0 Å². The molecule has 0 fully saturated rings. The zero-order chi connectivity index (χ0) is 19.1. The van der Waals surface area contributed by atoms with Gasteiger partial charge in [-0.3, -0.25) is 9.69 Å². The van der Waals surface area contributed by atoms with Crippen LogP contribution in [0.5, 0.6) is 0 Å². The summed E-state index contributed by atoms with van der Waals surface area (Å²) in [4.78, 5) is 23.3. The second-order valence-electron chi connectivity index (χ2n) is 7.11. The summed E-state index contributed by atoms with van der Waals surface area (Å²) in [5.41, 5.74) is 4.06. The molecule has 1 N–H and O–H groups in total. The first-order chi connectivity index (χ1) is 13.7. The molecule has 0 spiro atoms. The summed E-state index contributed by atoms with van der Waals surface area (Å²) in [5, 5.41) is 4.86. The van der Waals surface area contributed by atoms with E-state index in [9.17, 15) is 4.79 Å². The van der Waals surface area contributed by atoms with Gasteiger partial charge in [0.1, 0.15) is 5.82 Å². The largest absolute Gasteiger partial charge is 0.444 e. The summed E-state index contributed by atoms with van der Waals surface area (Å²) in [7, 11) is 2.08. The summed E-state index contributed by atoms with van der Waals surface area (Å²) >= 11 is 0. The number of anilines is 1. The van der Waals surface area contributed by atoms with Crippen LogP contribution in [0.15, 0.2) is 65.7 Å². The molecule has 4 aromatic rings. The first-order valence-corrected chi connectivity index (χ1v) is 9.06. The van der Waals surface area contributed by atoms with Gasteiger partial charge in [-0.1, -0.05) is 18.2 Å². The number of aromatic nitrogens is 2. The molecule has 0 radical (unpaired) electrons. The first-order valence-electron chi connectivity index (χ1n) is 9.06. The summed E-state index contributed by atoms with van der Waals surface area (Å²) in [6.45, 7) is 1.80. The molecule has 0 bridgehead atoms. The summed E-state index contributed by atoms with van der Waals surface area (Å²) in [5.74, 6) is 1.06. The third-order valence-electron chi connectivity index (χ3n) is 5.03. The average Bonchev–Trinajstić information content (AvgIpc) is 3.35. The SMILES string of the molecule is CN1Cc2ccc(C(=O)Nc3cc4cc(-c5cnco5)ccc4cn3)cc2C1. The highest BCUT2D eigenvalue weighted by molar-refractivity contribution is 6.04. The van der Waals surface area contributed by atoms with Gasteiger partial charge >= 0.3 is 0 Å². The summed E-state index contributed by atoms with van der Waals surface area (Å²) in [6, 6.07) is 13.7. The van der Waals surface area contributed by atoms with Crippen molar-refractivity contribution in [2.45, 2.75) is 13.1 Å². The van der Waals surface area contributed by atoms with Gasteiger partial charge in [0.2, 0.25) is 0 Å². The Bertz CT molecular complexity index is 1180. The van der Waals surface area contributed by atoms with Crippen molar-refractivity contribution < 1.29 is 9.21 Å². The van der Waals surface area contributed by atoms with Crippen molar-refractivity contribution in [1.82, 2.24) is 14.9 Å². The Morgan fingerprint density at radius 3 is 2.79 bits per heavy atom. The third-order valence-corrected chi connectivity index (χ3v) is 5.03. The Morgan fingerprint density at radius 1 is 1.04 bits per heavy atom. The fourth-order valence-electron chi connectivity index (χ4n) is 3.62. The fraction of sp³-hybridized carbons (Fsp3) is 0.136. The third kappa shape index (κ3) is 3.04. The van der Waals surface area contributed by atoms with Gasteiger partial charge in [0.15, 0.2) is 12.2 Å². The van der Waals surface area contributed by atoms with Crippen LogP contribution in [0.4, 0.5) is 5.82 Å². The molecule has 138 valence electrons. The van der Waals surface area contributed by atoms with Crippen LogP contribution in [0.25, 0.3) is 22.1 Å².